The van der Waals surface area contributed by atoms with Crippen LogP contribution in [0.4, 0.5) is 20.8 Å². The van der Waals surface area contributed by atoms with Crippen molar-refractivity contribution >= 4 is 66.7 Å². The van der Waals surface area contributed by atoms with Gasteiger partial charge in [-0.05, 0) is 48.5 Å². The number of hydrogen-bond donors (Lipinski definition) is 2. The number of nitrogens with one attached hydrogen (secondary N) is 1. The third-order valence-electron chi connectivity index (χ3n) is 4.89. The Morgan fingerprint density at radius 2 is 1.69 bits per heavy atom. The third kappa shape index (κ3) is 3.75. The monoisotopic (exact) mass is 479 g/mol. The summed E-state index contributed by atoms with van der Waals surface area (Å²) in [5.74, 6) is -0.631. The Morgan fingerprint density at radius 1 is 0.969 bits per heavy atom. The number of benzene rings is 3. The first-order valence-corrected chi connectivity index (χ1v) is 11.6. The van der Waals surface area contributed by atoms with Crippen LogP contribution in [0.2, 0.25) is 5.02 Å². The van der Waals surface area contributed by atoms with Crippen molar-refractivity contribution in [1.82, 2.24) is 4.98 Å². The van der Waals surface area contributed by atoms with Crippen LogP contribution in [0, 0.1) is 5.82 Å². The summed E-state index contributed by atoms with van der Waals surface area (Å²) in [5.41, 5.74) is 9.02. The van der Waals surface area contributed by atoms with Gasteiger partial charge in [0.15, 0.2) is 0 Å². The number of halogens is 2. The summed E-state index contributed by atoms with van der Waals surface area (Å²) < 4.78 is 15.4. The minimum absolute atomic E-state index is 0.229. The number of fused-ring (bicyclic) bond motifs is 1. The number of anilines is 3. The summed E-state index contributed by atoms with van der Waals surface area (Å²) in [6.45, 7) is 0. The zero-order chi connectivity index (χ0) is 22.2. The number of thiazole rings is 1. The van der Waals surface area contributed by atoms with Gasteiger partial charge in [-0.15, -0.1) is 22.7 Å². The van der Waals surface area contributed by atoms with E-state index in [9.17, 15) is 9.18 Å². The molecule has 0 spiro atoms. The molecule has 158 valence electrons. The molecule has 0 bridgehead atoms. The Balaban J connectivity index is 1.66. The van der Waals surface area contributed by atoms with E-state index in [2.05, 4.69) is 5.32 Å². The van der Waals surface area contributed by atoms with Crippen molar-refractivity contribution in [3.8, 4) is 10.6 Å². The molecule has 0 aliphatic carbocycles. The zero-order valence-corrected chi connectivity index (χ0v) is 18.8. The maximum absolute atomic E-state index is 14.4. The molecule has 8 heteroatoms. The molecule has 32 heavy (non-hydrogen) atoms. The fraction of sp³-hybridized carbons (Fsp3) is 0. The Kier molecular flexibility index (Phi) is 5.38. The molecule has 0 atom stereocenters. The Bertz CT molecular complexity index is 1430. The molecule has 0 radical (unpaired) electrons. The van der Waals surface area contributed by atoms with E-state index in [-0.39, 0.29) is 5.78 Å². The van der Waals surface area contributed by atoms with Crippen molar-refractivity contribution in [1.29, 1.82) is 0 Å². The number of carbonyl (C=O) groups is 1. The van der Waals surface area contributed by atoms with E-state index in [4.69, 9.17) is 22.3 Å². The van der Waals surface area contributed by atoms with Crippen LogP contribution >= 0.6 is 34.3 Å². The molecule has 3 N–H and O–H groups in total. The minimum atomic E-state index is -0.403. The molecule has 5 rings (SSSR count). The number of para-hydroxylation sites is 2. The average molecular weight is 480 g/mol. The quantitative estimate of drug-likeness (QED) is 0.258. The molecule has 0 aliphatic heterocycles. The summed E-state index contributed by atoms with van der Waals surface area (Å²) in [7, 11) is 0. The molecule has 2 aromatic heterocycles. The van der Waals surface area contributed by atoms with Gasteiger partial charge < -0.3 is 11.1 Å². The average Bonchev–Trinajstić information content (AvgIpc) is 3.36. The van der Waals surface area contributed by atoms with Gasteiger partial charge in [0.1, 0.15) is 20.7 Å². The lowest BCUT2D eigenvalue weighted by atomic mass is 10.1. The van der Waals surface area contributed by atoms with E-state index in [0.717, 1.165) is 10.2 Å². The predicted octanol–water partition coefficient (Wildman–Crippen LogP) is 7.37. The van der Waals surface area contributed by atoms with Gasteiger partial charge in [0.05, 0.1) is 27.2 Å². The Morgan fingerprint density at radius 3 is 2.44 bits per heavy atom. The lowest BCUT2D eigenvalue weighted by Crippen LogP contribution is -2.02. The highest BCUT2D eigenvalue weighted by Crippen LogP contribution is 2.47. The van der Waals surface area contributed by atoms with Crippen molar-refractivity contribution in [2.75, 3.05) is 11.1 Å². The highest BCUT2D eigenvalue weighted by Gasteiger charge is 2.25. The lowest BCUT2D eigenvalue weighted by molar-refractivity contribution is 0.104. The second-order valence-corrected chi connectivity index (χ2v) is 9.46. The second-order valence-electron chi connectivity index (χ2n) is 6.98. The number of nitrogens with two attached hydrogens (primary N) is 1. The third-order valence-corrected chi connectivity index (χ3v) is 7.31. The van der Waals surface area contributed by atoms with Gasteiger partial charge in [0.25, 0.3) is 0 Å². The number of thiophene rings is 1. The van der Waals surface area contributed by atoms with E-state index in [0.29, 0.717) is 42.4 Å². The zero-order valence-electron chi connectivity index (χ0n) is 16.4. The largest absolute Gasteiger partial charge is 0.397 e. The van der Waals surface area contributed by atoms with Crippen LogP contribution in [0.15, 0.2) is 72.8 Å². The summed E-state index contributed by atoms with van der Waals surface area (Å²) in [6.07, 6.45) is 0. The van der Waals surface area contributed by atoms with E-state index < -0.39 is 5.82 Å². The van der Waals surface area contributed by atoms with Gasteiger partial charge in [0, 0.05) is 10.6 Å². The van der Waals surface area contributed by atoms with Gasteiger partial charge >= 0.3 is 0 Å². The number of nitrogen functional groups attached to an aromatic ring is 1. The Labute approximate surface area is 196 Å². The van der Waals surface area contributed by atoms with Crippen LogP contribution in [0.5, 0.6) is 0 Å². The van der Waals surface area contributed by atoms with E-state index in [1.54, 1.807) is 42.5 Å². The first kappa shape index (κ1) is 20.6. The molecule has 0 fully saturated rings. The molecule has 0 saturated carbocycles. The molecule has 0 amide bonds. The molecule has 5 aromatic rings. The highest BCUT2D eigenvalue weighted by molar-refractivity contribution is 7.23. The molecule has 0 saturated heterocycles. The molecule has 0 aliphatic rings. The summed E-state index contributed by atoms with van der Waals surface area (Å²) >= 11 is 8.61. The molecule has 2 heterocycles. The SMILES string of the molecule is Nc1c(C(=O)c2ccc(Cl)cc2)sc(Nc2ccccc2F)c1-c1nc2ccccc2s1. The van der Waals surface area contributed by atoms with Gasteiger partial charge in [0.2, 0.25) is 5.78 Å². The van der Waals surface area contributed by atoms with Crippen molar-refractivity contribution in [2.24, 2.45) is 0 Å². The van der Waals surface area contributed by atoms with Crippen LogP contribution in [0.3, 0.4) is 0 Å². The van der Waals surface area contributed by atoms with Crippen LogP contribution < -0.4 is 11.1 Å². The van der Waals surface area contributed by atoms with E-state index >= 15 is 0 Å². The highest BCUT2D eigenvalue weighted by atomic mass is 35.5. The summed E-state index contributed by atoms with van der Waals surface area (Å²) in [6, 6.07) is 20.7. The topological polar surface area (TPSA) is 68.0 Å². The standard InChI is InChI=1S/C24H15ClFN3OS2/c25-14-11-9-13(10-12-14)21(30)22-20(27)19(23-29-17-7-3-4-8-18(17)31-23)24(32-22)28-16-6-2-1-5-15(16)26/h1-12,28H,27H2. The maximum Gasteiger partial charge on any atom is 0.205 e. The minimum Gasteiger partial charge on any atom is -0.397 e. The number of nitrogens with zero attached hydrogens (tertiary/aromatic N) is 1. The number of hydrogen-bond acceptors (Lipinski definition) is 6. The van der Waals surface area contributed by atoms with Gasteiger partial charge in [-0.3, -0.25) is 4.79 Å². The smallest absolute Gasteiger partial charge is 0.205 e. The lowest BCUT2D eigenvalue weighted by Gasteiger charge is -2.07. The molecular weight excluding hydrogens is 465 g/mol. The van der Waals surface area contributed by atoms with Crippen LogP contribution in [0.25, 0.3) is 20.8 Å². The number of ketones is 1. The summed E-state index contributed by atoms with van der Waals surface area (Å²) in [4.78, 5) is 18.3. The maximum atomic E-state index is 14.4. The fourth-order valence-corrected chi connectivity index (χ4v) is 5.63. The second kappa shape index (κ2) is 8.35. The van der Waals surface area contributed by atoms with Crippen LogP contribution in [0.1, 0.15) is 15.2 Å². The van der Waals surface area contributed by atoms with Crippen molar-refractivity contribution < 1.29 is 9.18 Å². The first-order valence-electron chi connectivity index (χ1n) is 9.61. The normalized spacial score (nSPS) is 11.1. The van der Waals surface area contributed by atoms with Crippen molar-refractivity contribution in [2.45, 2.75) is 0 Å². The van der Waals surface area contributed by atoms with Crippen LogP contribution in [-0.4, -0.2) is 10.8 Å². The van der Waals surface area contributed by atoms with Gasteiger partial charge in [-0.2, -0.15) is 0 Å². The summed E-state index contributed by atoms with van der Waals surface area (Å²) in [5, 5.41) is 4.88. The van der Waals surface area contributed by atoms with Crippen LogP contribution in [-0.2, 0) is 0 Å². The van der Waals surface area contributed by atoms with E-state index in [1.165, 1.54) is 28.7 Å². The molecule has 0 unspecified atom stereocenters. The number of rotatable bonds is 5. The number of aromatic nitrogens is 1. The molecular formula is C24H15ClFN3OS2. The molecule has 3 aromatic carbocycles. The predicted molar refractivity (Wildman–Crippen MR) is 132 cm³/mol. The fourth-order valence-electron chi connectivity index (χ4n) is 3.31. The van der Waals surface area contributed by atoms with Crippen molar-refractivity contribution in [3.05, 3.63) is 94.1 Å². The van der Waals surface area contributed by atoms with Gasteiger partial charge in [-0.1, -0.05) is 35.9 Å². The number of carbonyl (C=O) groups excluding carboxylic acids is 1. The first-order chi connectivity index (χ1) is 15.5. The van der Waals surface area contributed by atoms with E-state index in [1.807, 2.05) is 24.3 Å². The van der Waals surface area contributed by atoms with Crippen molar-refractivity contribution in [3.63, 3.8) is 0 Å². The van der Waals surface area contributed by atoms with Gasteiger partial charge in [-0.25, -0.2) is 9.37 Å². The molecule has 4 nitrogen and oxygen atoms in total. The Hall–Kier alpha value is -3.26.